The molecule has 3 N–H and O–H groups in total. The van der Waals surface area contributed by atoms with Crippen LogP contribution in [-0.4, -0.2) is 52.5 Å². The smallest absolute Gasteiger partial charge is 0.329 e. The minimum atomic E-state index is -1.07. The number of hydrogen-bond acceptors (Lipinski definition) is 9. The Balaban J connectivity index is 2.57. The lowest BCUT2D eigenvalue weighted by Gasteiger charge is -2.33. The van der Waals surface area contributed by atoms with Gasteiger partial charge in [-0.05, 0) is 66.9 Å². The molecule has 0 spiro atoms. The summed E-state index contributed by atoms with van der Waals surface area (Å²) in [6, 6.07) is 4.62. The van der Waals surface area contributed by atoms with E-state index in [1.165, 1.54) is 18.2 Å². The monoisotopic (exact) mass is 586 g/mol. The van der Waals surface area contributed by atoms with Gasteiger partial charge in [-0.25, -0.2) is 4.79 Å². The predicted octanol–water partition coefficient (Wildman–Crippen LogP) is 3.77. The first-order chi connectivity index (χ1) is 19.2. The summed E-state index contributed by atoms with van der Waals surface area (Å²) in [7, 11) is 0. The van der Waals surface area contributed by atoms with Crippen molar-refractivity contribution in [2.45, 2.75) is 92.4 Å². The summed E-state index contributed by atoms with van der Waals surface area (Å²) in [6.07, 6.45) is 0. The number of carbonyl (C=O) groups is 4. The third-order valence-electron chi connectivity index (χ3n) is 6.09. The summed E-state index contributed by atoms with van der Waals surface area (Å²) in [5.74, 6) is -4.03. The standard InChI is InChI=1S/C30H42N4O8/c1-16(2)25(28(38)42-30(8,9)10)33-27(37)23-18(4)32-17(3)22(26(36)31-15-21(35)41-29(5,6)7)24(23)19-12-11-13-20(14-19)34(39)40/h11-14,16,24-25,32H,15H2,1-10H3,(H,31,36)(H,33,37)/t24?,25-/m0/s1. The zero-order valence-electron chi connectivity index (χ0n) is 26.0. The van der Waals surface area contributed by atoms with Crippen molar-refractivity contribution in [1.82, 2.24) is 16.0 Å². The lowest BCUT2D eigenvalue weighted by Crippen LogP contribution is -2.49. The summed E-state index contributed by atoms with van der Waals surface area (Å²) in [4.78, 5) is 63.8. The Morgan fingerprint density at radius 2 is 1.50 bits per heavy atom. The Morgan fingerprint density at radius 1 is 0.952 bits per heavy atom. The predicted molar refractivity (Wildman–Crippen MR) is 156 cm³/mol. The van der Waals surface area contributed by atoms with E-state index in [1.54, 1.807) is 75.3 Å². The maximum atomic E-state index is 13.9. The van der Waals surface area contributed by atoms with E-state index < -0.39 is 58.4 Å². The Kier molecular flexibility index (Phi) is 10.7. The highest BCUT2D eigenvalue weighted by Gasteiger charge is 2.39. The molecule has 42 heavy (non-hydrogen) atoms. The Labute approximate surface area is 246 Å². The van der Waals surface area contributed by atoms with Crippen LogP contribution in [0.2, 0.25) is 0 Å². The molecule has 12 nitrogen and oxygen atoms in total. The fourth-order valence-corrected chi connectivity index (χ4v) is 4.45. The van der Waals surface area contributed by atoms with Gasteiger partial charge in [-0.3, -0.25) is 24.5 Å². The molecule has 0 bridgehead atoms. The van der Waals surface area contributed by atoms with Gasteiger partial charge in [0.05, 0.1) is 4.92 Å². The first kappa shape index (κ1) is 34.0. The lowest BCUT2D eigenvalue weighted by molar-refractivity contribution is -0.384. The fourth-order valence-electron chi connectivity index (χ4n) is 4.45. The molecule has 230 valence electrons. The molecule has 0 aliphatic carbocycles. The summed E-state index contributed by atoms with van der Waals surface area (Å²) < 4.78 is 10.8. The van der Waals surface area contributed by atoms with Gasteiger partial charge >= 0.3 is 11.9 Å². The summed E-state index contributed by atoms with van der Waals surface area (Å²) in [5.41, 5.74) is -0.557. The molecule has 0 fully saturated rings. The number of hydrogen-bond donors (Lipinski definition) is 3. The van der Waals surface area contributed by atoms with Crippen LogP contribution < -0.4 is 16.0 Å². The molecule has 0 aromatic heterocycles. The number of nitro benzene ring substituents is 1. The van der Waals surface area contributed by atoms with Crippen molar-refractivity contribution in [1.29, 1.82) is 0 Å². The van der Waals surface area contributed by atoms with E-state index >= 15 is 0 Å². The number of amides is 2. The van der Waals surface area contributed by atoms with Crippen LogP contribution >= 0.6 is 0 Å². The fraction of sp³-hybridized carbons (Fsp3) is 0.533. The highest BCUT2D eigenvalue weighted by molar-refractivity contribution is 6.05. The average Bonchev–Trinajstić information content (AvgIpc) is 2.82. The van der Waals surface area contributed by atoms with Gasteiger partial charge in [0, 0.05) is 40.6 Å². The topological polar surface area (TPSA) is 166 Å². The highest BCUT2D eigenvalue weighted by atomic mass is 16.6. The first-order valence-electron chi connectivity index (χ1n) is 13.7. The zero-order chi connectivity index (χ0) is 32.2. The van der Waals surface area contributed by atoms with Gasteiger partial charge in [-0.15, -0.1) is 0 Å². The molecule has 1 aromatic carbocycles. The highest BCUT2D eigenvalue weighted by Crippen LogP contribution is 2.39. The van der Waals surface area contributed by atoms with Gasteiger partial charge < -0.3 is 25.4 Å². The minimum Gasteiger partial charge on any atom is -0.459 e. The number of rotatable bonds is 9. The number of esters is 2. The SMILES string of the molecule is CC1=C(C(=O)NCC(=O)OC(C)(C)C)C(c2cccc([N+](=O)[O-])c2)C(C(=O)N[C@H](C(=O)OC(C)(C)C)C(C)C)=C(C)N1. The second-order valence-corrected chi connectivity index (χ2v) is 12.5. The zero-order valence-corrected chi connectivity index (χ0v) is 26.0. The number of nitrogens with zero attached hydrogens (tertiary/aromatic N) is 1. The molecule has 12 heteroatoms. The van der Waals surface area contributed by atoms with E-state index in [2.05, 4.69) is 16.0 Å². The number of dihydropyridines is 1. The molecule has 1 aromatic rings. The molecule has 0 saturated carbocycles. The Morgan fingerprint density at radius 3 is 2.00 bits per heavy atom. The third-order valence-corrected chi connectivity index (χ3v) is 6.09. The van der Waals surface area contributed by atoms with Crippen LogP contribution in [0, 0.1) is 16.0 Å². The number of allylic oxidation sites excluding steroid dienone is 2. The Bertz CT molecular complexity index is 1320. The molecule has 1 unspecified atom stereocenters. The third kappa shape index (κ3) is 9.15. The van der Waals surface area contributed by atoms with Crippen molar-refractivity contribution in [3.63, 3.8) is 0 Å². The number of carbonyl (C=O) groups excluding carboxylic acids is 4. The number of nitro groups is 1. The van der Waals surface area contributed by atoms with Crippen LogP contribution in [0.15, 0.2) is 46.8 Å². The normalized spacial score (nSPS) is 16.4. The van der Waals surface area contributed by atoms with Gasteiger partial charge in [0.25, 0.3) is 11.6 Å². The van der Waals surface area contributed by atoms with Crippen molar-refractivity contribution in [3.8, 4) is 0 Å². The van der Waals surface area contributed by atoms with E-state index in [9.17, 15) is 29.3 Å². The van der Waals surface area contributed by atoms with Crippen molar-refractivity contribution >= 4 is 29.4 Å². The molecular formula is C30H42N4O8. The van der Waals surface area contributed by atoms with Crippen LogP contribution in [0.25, 0.3) is 0 Å². The number of nitrogens with one attached hydrogen (secondary N) is 3. The number of non-ortho nitro benzene ring substituents is 1. The van der Waals surface area contributed by atoms with Gasteiger partial charge in [-0.1, -0.05) is 26.0 Å². The number of ether oxygens (including phenoxy) is 2. The van der Waals surface area contributed by atoms with E-state index in [0.29, 0.717) is 17.0 Å². The lowest BCUT2D eigenvalue weighted by atomic mass is 9.79. The number of benzene rings is 1. The van der Waals surface area contributed by atoms with E-state index in [4.69, 9.17) is 9.47 Å². The second-order valence-electron chi connectivity index (χ2n) is 12.5. The van der Waals surface area contributed by atoms with Crippen LogP contribution in [0.3, 0.4) is 0 Å². The maximum absolute atomic E-state index is 13.9. The van der Waals surface area contributed by atoms with Gasteiger partial charge in [0.2, 0.25) is 5.91 Å². The van der Waals surface area contributed by atoms with E-state index in [1.807, 2.05) is 0 Å². The van der Waals surface area contributed by atoms with Crippen molar-refractivity contribution in [2.24, 2.45) is 5.92 Å². The maximum Gasteiger partial charge on any atom is 0.329 e. The molecule has 0 saturated heterocycles. The summed E-state index contributed by atoms with van der Waals surface area (Å²) >= 11 is 0. The summed E-state index contributed by atoms with van der Waals surface area (Å²) in [5, 5.41) is 19.9. The van der Waals surface area contributed by atoms with Crippen LogP contribution in [0.1, 0.15) is 80.7 Å². The molecule has 2 amide bonds. The van der Waals surface area contributed by atoms with Crippen molar-refractivity contribution in [2.75, 3.05) is 6.54 Å². The molecule has 1 aliphatic heterocycles. The molecule has 0 radical (unpaired) electrons. The van der Waals surface area contributed by atoms with Gasteiger partial charge in [0.1, 0.15) is 23.8 Å². The quantitative estimate of drug-likeness (QED) is 0.222. The molecular weight excluding hydrogens is 544 g/mol. The van der Waals surface area contributed by atoms with Crippen LogP contribution in [0.4, 0.5) is 5.69 Å². The van der Waals surface area contributed by atoms with Crippen LogP contribution in [-0.2, 0) is 28.7 Å². The van der Waals surface area contributed by atoms with Gasteiger partial charge in [0.15, 0.2) is 0 Å². The van der Waals surface area contributed by atoms with Crippen molar-refractivity contribution < 1.29 is 33.6 Å². The minimum absolute atomic E-state index is 0.0770. The average molecular weight is 587 g/mol. The van der Waals surface area contributed by atoms with E-state index in [0.717, 1.165) is 0 Å². The molecule has 1 heterocycles. The molecule has 1 aliphatic rings. The second kappa shape index (κ2) is 13.2. The summed E-state index contributed by atoms with van der Waals surface area (Å²) in [6.45, 7) is 16.6. The van der Waals surface area contributed by atoms with Crippen molar-refractivity contribution in [3.05, 3.63) is 62.5 Å². The first-order valence-corrected chi connectivity index (χ1v) is 13.7. The van der Waals surface area contributed by atoms with Crippen LogP contribution in [0.5, 0.6) is 0 Å². The molecule has 2 rings (SSSR count). The Hall–Kier alpha value is -4.22. The van der Waals surface area contributed by atoms with Gasteiger partial charge in [-0.2, -0.15) is 0 Å². The van der Waals surface area contributed by atoms with E-state index in [-0.39, 0.29) is 22.8 Å². The molecule has 2 atom stereocenters. The largest absolute Gasteiger partial charge is 0.459 e.